The Morgan fingerprint density at radius 2 is 1.63 bits per heavy atom. The van der Waals surface area contributed by atoms with E-state index in [0.29, 0.717) is 16.7 Å². The molecule has 204 valence electrons. The first kappa shape index (κ1) is 30.2. The predicted octanol–water partition coefficient (Wildman–Crippen LogP) is 4.31. The van der Waals surface area contributed by atoms with Crippen LogP contribution in [-0.4, -0.2) is 51.6 Å². The van der Waals surface area contributed by atoms with Crippen LogP contribution in [0.25, 0.3) is 0 Å². The standard InChI is InChI=1S/C30H39N3O5/c1-9-21-13-11-12-14-23(21)25(26(35)32-29(3,4)5)33(10-2)27(36)24(31-28(37)38-30(6,7)8)19-20-15-17-22(34)18-16-20/h1,11-18,24-25,34H,10,19H2,2-8H3,(H,31,37)(H,32,35). The maximum absolute atomic E-state index is 14.1. The van der Waals surface area contributed by atoms with Gasteiger partial charge < -0.3 is 25.4 Å². The van der Waals surface area contributed by atoms with Gasteiger partial charge in [-0.15, -0.1) is 6.42 Å². The van der Waals surface area contributed by atoms with Crippen LogP contribution in [0.3, 0.4) is 0 Å². The largest absolute Gasteiger partial charge is 0.508 e. The molecule has 2 aromatic carbocycles. The van der Waals surface area contributed by atoms with Crippen LogP contribution < -0.4 is 10.6 Å². The summed E-state index contributed by atoms with van der Waals surface area (Å²) in [7, 11) is 0. The molecule has 0 saturated heterocycles. The van der Waals surface area contributed by atoms with Crippen LogP contribution in [0.15, 0.2) is 48.5 Å². The summed E-state index contributed by atoms with van der Waals surface area (Å²) in [5.74, 6) is 1.82. The number of carbonyl (C=O) groups excluding carboxylic acids is 3. The molecule has 2 unspecified atom stereocenters. The van der Waals surface area contributed by atoms with Gasteiger partial charge in [0, 0.05) is 24.1 Å². The molecule has 0 aliphatic heterocycles. The van der Waals surface area contributed by atoms with Gasteiger partial charge in [-0.05, 0) is 77.8 Å². The van der Waals surface area contributed by atoms with Crippen molar-refractivity contribution in [2.45, 2.75) is 78.1 Å². The number of alkyl carbamates (subject to hydrolysis) is 1. The summed E-state index contributed by atoms with van der Waals surface area (Å²) in [6.45, 7) is 12.7. The summed E-state index contributed by atoms with van der Waals surface area (Å²) in [5.41, 5.74) is 0.355. The van der Waals surface area contributed by atoms with Gasteiger partial charge in [0.25, 0.3) is 0 Å². The van der Waals surface area contributed by atoms with E-state index in [1.54, 1.807) is 64.1 Å². The predicted molar refractivity (Wildman–Crippen MR) is 147 cm³/mol. The third-order valence-corrected chi connectivity index (χ3v) is 5.46. The Morgan fingerprint density at radius 1 is 1.03 bits per heavy atom. The molecule has 2 atom stereocenters. The van der Waals surface area contributed by atoms with Crippen LogP contribution in [-0.2, 0) is 20.7 Å². The van der Waals surface area contributed by atoms with Crippen molar-refractivity contribution >= 4 is 17.9 Å². The van der Waals surface area contributed by atoms with Crippen molar-refractivity contribution in [3.63, 3.8) is 0 Å². The number of nitrogens with zero attached hydrogens (tertiary/aromatic N) is 1. The second-order valence-corrected chi connectivity index (χ2v) is 11.1. The number of benzene rings is 2. The molecule has 0 aromatic heterocycles. The van der Waals surface area contributed by atoms with Gasteiger partial charge in [0.1, 0.15) is 23.4 Å². The first-order chi connectivity index (χ1) is 17.6. The number of ether oxygens (including phenoxy) is 1. The van der Waals surface area contributed by atoms with E-state index < -0.39 is 41.1 Å². The minimum absolute atomic E-state index is 0.0803. The van der Waals surface area contributed by atoms with Crippen LogP contribution in [0, 0.1) is 12.3 Å². The van der Waals surface area contributed by atoms with E-state index in [0.717, 1.165) is 0 Å². The van der Waals surface area contributed by atoms with Crippen LogP contribution in [0.5, 0.6) is 5.75 Å². The Bertz CT molecular complexity index is 1170. The van der Waals surface area contributed by atoms with E-state index >= 15 is 0 Å². The number of rotatable bonds is 8. The van der Waals surface area contributed by atoms with Crippen molar-refractivity contribution in [1.82, 2.24) is 15.5 Å². The molecule has 0 bridgehead atoms. The molecule has 2 aromatic rings. The molecule has 0 aliphatic rings. The van der Waals surface area contributed by atoms with Gasteiger partial charge in [-0.1, -0.05) is 36.3 Å². The van der Waals surface area contributed by atoms with Gasteiger partial charge in [-0.25, -0.2) is 4.79 Å². The molecule has 0 spiro atoms. The van der Waals surface area contributed by atoms with E-state index in [2.05, 4.69) is 16.6 Å². The highest BCUT2D eigenvalue weighted by atomic mass is 16.6. The van der Waals surface area contributed by atoms with Gasteiger partial charge in [-0.2, -0.15) is 0 Å². The zero-order valence-corrected chi connectivity index (χ0v) is 23.3. The van der Waals surface area contributed by atoms with E-state index in [4.69, 9.17) is 11.2 Å². The highest BCUT2D eigenvalue weighted by molar-refractivity contribution is 5.93. The van der Waals surface area contributed by atoms with Gasteiger partial charge >= 0.3 is 6.09 Å². The maximum atomic E-state index is 14.1. The Labute approximate surface area is 225 Å². The number of carbonyl (C=O) groups is 3. The van der Waals surface area contributed by atoms with Crippen molar-refractivity contribution in [2.24, 2.45) is 0 Å². The van der Waals surface area contributed by atoms with Gasteiger partial charge in [0.15, 0.2) is 0 Å². The van der Waals surface area contributed by atoms with Crippen molar-refractivity contribution in [2.75, 3.05) is 6.54 Å². The second-order valence-electron chi connectivity index (χ2n) is 11.1. The molecule has 3 N–H and O–H groups in total. The molecule has 8 nitrogen and oxygen atoms in total. The minimum atomic E-state index is -1.06. The highest BCUT2D eigenvalue weighted by Crippen LogP contribution is 2.27. The van der Waals surface area contributed by atoms with Crippen molar-refractivity contribution in [1.29, 1.82) is 0 Å². The van der Waals surface area contributed by atoms with Crippen LogP contribution >= 0.6 is 0 Å². The summed E-state index contributed by atoms with van der Waals surface area (Å²) in [6, 6.07) is 11.2. The number of amides is 3. The fraction of sp³-hybridized carbons (Fsp3) is 0.433. The number of phenols is 1. The molecular weight excluding hydrogens is 482 g/mol. The third kappa shape index (κ3) is 8.84. The lowest BCUT2D eigenvalue weighted by Gasteiger charge is -2.35. The number of hydrogen-bond acceptors (Lipinski definition) is 5. The first-order valence-electron chi connectivity index (χ1n) is 12.6. The van der Waals surface area contributed by atoms with Crippen LogP contribution in [0.2, 0.25) is 0 Å². The zero-order valence-electron chi connectivity index (χ0n) is 23.3. The smallest absolute Gasteiger partial charge is 0.408 e. The van der Waals surface area contributed by atoms with Crippen molar-refractivity contribution in [3.8, 4) is 18.1 Å². The summed E-state index contributed by atoms with van der Waals surface area (Å²) in [4.78, 5) is 41.9. The molecule has 3 amide bonds. The maximum Gasteiger partial charge on any atom is 0.408 e. The second kappa shape index (κ2) is 12.5. The normalized spacial score (nSPS) is 13.0. The molecule has 8 heteroatoms. The van der Waals surface area contributed by atoms with Crippen LogP contribution in [0.1, 0.15) is 71.2 Å². The first-order valence-corrected chi connectivity index (χ1v) is 12.6. The minimum Gasteiger partial charge on any atom is -0.508 e. The monoisotopic (exact) mass is 521 g/mol. The average molecular weight is 522 g/mol. The SMILES string of the molecule is C#Cc1ccccc1C(C(=O)NC(C)(C)C)N(CC)C(=O)C(Cc1ccc(O)cc1)NC(=O)OC(C)(C)C. The number of phenolic OH excluding ortho intramolecular Hbond substituents is 1. The topological polar surface area (TPSA) is 108 Å². The van der Waals surface area contributed by atoms with Gasteiger partial charge in [-0.3, -0.25) is 9.59 Å². The molecular formula is C30H39N3O5. The van der Waals surface area contributed by atoms with E-state index in [9.17, 15) is 19.5 Å². The number of aromatic hydroxyl groups is 1. The fourth-order valence-electron chi connectivity index (χ4n) is 3.94. The molecule has 0 radical (unpaired) electrons. The molecule has 0 aliphatic carbocycles. The summed E-state index contributed by atoms with van der Waals surface area (Å²) in [6.07, 6.45) is 5.10. The van der Waals surface area contributed by atoms with Crippen molar-refractivity contribution < 1.29 is 24.2 Å². The van der Waals surface area contributed by atoms with E-state index in [1.165, 1.54) is 17.0 Å². The number of likely N-dealkylation sites (N-methyl/N-ethyl adjacent to an activating group) is 1. The summed E-state index contributed by atoms with van der Waals surface area (Å²) in [5, 5.41) is 15.3. The Kier molecular flexibility index (Phi) is 9.95. The van der Waals surface area contributed by atoms with Gasteiger partial charge in [0.05, 0.1) is 0 Å². The molecule has 2 rings (SSSR count). The Morgan fingerprint density at radius 3 is 2.16 bits per heavy atom. The third-order valence-electron chi connectivity index (χ3n) is 5.46. The Hall–Kier alpha value is -3.99. The average Bonchev–Trinajstić information content (AvgIpc) is 2.80. The van der Waals surface area contributed by atoms with Gasteiger partial charge in [0.2, 0.25) is 11.8 Å². The Balaban J connectivity index is 2.56. The highest BCUT2D eigenvalue weighted by Gasteiger charge is 2.37. The molecule has 0 heterocycles. The number of terminal acetylenes is 1. The quantitative estimate of drug-likeness (QED) is 0.449. The summed E-state index contributed by atoms with van der Waals surface area (Å²) < 4.78 is 5.42. The van der Waals surface area contributed by atoms with Crippen molar-refractivity contribution in [3.05, 3.63) is 65.2 Å². The number of nitrogens with one attached hydrogen (secondary N) is 2. The molecule has 0 fully saturated rings. The van der Waals surface area contributed by atoms with Crippen LogP contribution in [0.4, 0.5) is 4.79 Å². The lowest BCUT2D eigenvalue weighted by molar-refractivity contribution is -0.142. The number of hydrogen-bond donors (Lipinski definition) is 3. The lowest BCUT2D eigenvalue weighted by Crippen LogP contribution is -2.55. The van der Waals surface area contributed by atoms with E-state index in [1.807, 2.05) is 20.8 Å². The molecule has 0 saturated carbocycles. The summed E-state index contributed by atoms with van der Waals surface area (Å²) >= 11 is 0. The van der Waals surface area contributed by atoms with E-state index in [-0.39, 0.29) is 18.7 Å². The molecule has 38 heavy (non-hydrogen) atoms. The fourth-order valence-corrected chi connectivity index (χ4v) is 3.94. The lowest BCUT2D eigenvalue weighted by atomic mass is 9.95. The zero-order chi connectivity index (χ0) is 28.7.